The number of hydrogen-bond acceptors (Lipinski definition) is 3. The average Bonchev–Trinajstić information content (AvgIpc) is 2.18. The highest BCUT2D eigenvalue weighted by Crippen LogP contribution is 2.15. The first kappa shape index (κ1) is 10.7. The van der Waals surface area contributed by atoms with Crippen LogP contribution in [0.1, 0.15) is 41.7 Å². The fourth-order valence-electron chi connectivity index (χ4n) is 1.27. The predicted octanol–water partition coefficient (Wildman–Crippen LogP) is 0.980. The number of rotatable bonds is 4. The second kappa shape index (κ2) is 4.72. The lowest BCUT2D eigenvalue weighted by Crippen LogP contribution is -2.15. The summed E-state index contributed by atoms with van der Waals surface area (Å²) in [5.74, 6) is -0.469. The maximum atomic E-state index is 10.9. The largest absolute Gasteiger partial charge is 0.366 e. The van der Waals surface area contributed by atoms with Crippen molar-refractivity contribution in [2.75, 3.05) is 0 Å². The Morgan fingerprint density at radius 1 is 1.57 bits per heavy atom. The second-order valence-electron chi connectivity index (χ2n) is 3.27. The molecule has 4 nitrogen and oxygen atoms in total. The molecule has 1 amide bonds. The Kier molecular flexibility index (Phi) is 3.59. The van der Waals surface area contributed by atoms with Gasteiger partial charge in [-0.05, 0) is 18.1 Å². The third-order valence-electron chi connectivity index (χ3n) is 2.07. The number of nitrogens with two attached hydrogens (primary N) is 2. The lowest BCUT2D eigenvalue weighted by Gasteiger charge is -2.10. The van der Waals surface area contributed by atoms with E-state index in [2.05, 4.69) is 11.9 Å². The maximum absolute atomic E-state index is 10.9. The molecule has 0 aliphatic carbocycles. The molecule has 0 aliphatic rings. The molecule has 1 rings (SSSR count). The fourth-order valence-corrected chi connectivity index (χ4v) is 1.27. The van der Waals surface area contributed by atoms with E-state index in [1.54, 1.807) is 12.3 Å². The first-order valence-electron chi connectivity index (χ1n) is 4.65. The second-order valence-corrected chi connectivity index (χ2v) is 3.27. The maximum Gasteiger partial charge on any atom is 0.250 e. The van der Waals surface area contributed by atoms with Gasteiger partial charge in [0.2, 0.25) is 5.91 Å². The van der Waals surface area contributed by atoms with E-state index < -0.39 is 5.91 Å². The van der Waals surface area contributed by atoms with E-state index in [-0.39, 0.29) is 6.04 Å². The highest BCUT2D eigenvalue weighted by atomic mass is 16.1. The van der Waals surface area contributed by atoms with Crippen molar-refractivity contribution >= 4 is 5.91 Å². The van der Waals surface area contributed by atoms with Gasteiger partial charge in [-0.25, -0.2) is 0 Å². The van der Waals surface area contributed by atoms with Crippen molar-refractivity contribution in [2.24, 2.45) is 11.5 Å². The molecule has 0 aliphatic heterocycles. The van der Waals surface area contributed by atoms with E-state index in [0.29, 0.717) is 5.56 Å². The Balaban J connectivity index is 2.87. The monoisotopic (exact) mass is 193 g/mol. The summed E-state index contributed by atoms with van der Waals surface area (Å²) in [6, 6.07) is 1.64. The van der Waals surface area contributed by atoms with Crippen LogP contribution in [0.25, 0.3) is 0 Å². The topological polar surface area (TPSA) is 82.0 Å². The molecule has 0 radical (unpaired) electrons. The number of primary amides is 1. The van der Waals surface area contributed by atoms with Crippen LogP contribution in [0, 0.1) is 0 Å². The molecule has 14 heavy (non-hydrogen) atoms. The first-order chi connectivity index (χ1) is 6.65. The Morgan fingerprint density at radius 3 is 2.86 bits per heavy atom. The average molecular weight is 193 g/mol. The molecule has 1 atom stereocenters. The van der Waals surface area contributed by atoms with Gasteiger partial charge in [0.25, 0.3) is 0 Å². The summed E-state index contributed by atoms with van der Waals surface area (Å²) in [6.07, 6.45) is 5.00. The van der Waals surface area contributed by atoms with Crippen LogP contribution < -0.4 is 11.5 Å². The Hall–Kier alpha value is -1.42. The number of amides is 1. The minimum absolute atomic E-state index is 0.0631. The van der Waals surface area contributed by atoms with Gasteiger partial charge in [0.1, 0.15) is 0 Å². The van der Waals surface area contributed by atoms with Crippen LogP contribution in [-0.4, -0.2) is 10.9 Å². The van der Waals surface area contributed by atoms with Crippen LogP contribution in [0.5, 0.6) is 0 Å². The predicted molar refractivity (Wildman–Crippen MR) is 54.6 cm³/mol. The van der Waals surface area contributed by atoms with E-state index in [0.717, 1.165) is 18.4 Å². The van der Waals surface area contributed by atoms with Gasteiger partial charge in [-0.15, -0.1) is 0 Å². The zero-order valence-electron chi connectivity index (χ0n) is 8.23. The smallest absolute Gasteiger partial charge is 0.250 e. The van der Waals surface area contributed by atoms with Crippen molar-refractivity contribution in [1.82, 2.24) is 4.98 Å². The molecule has 0 fully saturated rings. The van der Waals surface area contributed by atoms with Crippen LogP contribution >= 0.6 is 0 Å². The summed E-state index contributed by atoms with van der Waals surface area (Å²) in [5.41, 5.74) is 12.3. The van der Waals surface area contributed by atoms with Crippen LogP contribution in [0.15, 0.2) is 18.5 Å². The molecule has 76 valence electrons. The lowest BCUT2D eigenvalue weighted by atomic mass is 10.0. The first-order valence-corrected chi connectivity index (χ1v) is 4.65. The summed E-state index contributed by atoms with van der Waals surface area (Å²) in [6.45, 7) is 2.06. The quantitative estimate of drug-likeness (QED) is 0.747. The molecule has 0 saturated heterocycles. The number of aromatic nitrogens is 1. The van der Waals surface area contributed by atoms with E-state index >= 15 is 0 Å². The SMILES string of the molecule is CCCC(N)c1cncc(C(N)=O)c1. The highest BCUT2D eigenvalue weighted by Gasteiger charge is 2.07. The number of nitrogens with zero attached hydrogens (tertiary/aromatic N) is 1. The standard InChI is InChI=1S/C10H15N3O/c1-2-3-9(11)7-4-8(10(12)14)6-13-5-7/h4-6,9H,2-3,11H2,1H3,(H2,12,14). The van der Waals surface area contributed by atoms with Crippen molar-refractivity contribution in [1.29, 1.82) is 0 Å². The van der Waals surface area contributed by atoms with Gasteiger partial charge < -0.3 is 11.5 Å². The summed E-state index contributed by atoms with van der Waals surface area (Å²) in [5, 5.41) is 0. The van der Waals surface area contributed by atoms with E-state index in [1.165, 1.54) is 6.20 Å². The molecule has 0 aromatic carbocycles. The number of pyridine rings is 1. The number of carbonyl (C=O) groups excluding carboxylic acids is 1. The Bertz CT molecular complexity index is 325. The number of hydrogen-bond donors (Lipinski definition) is 2. The third kappa shape index (κ3) is 2.53. The van der Waals surface area contributed by atoms with Crippen LogP contribution in [0.4, 0.5) is 0 Å². The summed E-state index contributed by atoms with van der Waals surface area (Å²) in [4.78, 5) is 14.8. The zero-order chi connectivity index (χ0) is 10.6. The van der Waals surface area contributed by atoms with Gasteiger partial charge in [-0.1, -0.05) is 13.3 Å². The van der Waals surface area contributed by atoms with Crippen LogP contribution in [-0.2, 0) is 0 Å². The fraction of sp³-hybridized carbons (Fsp3) is 0.400. The molecule has 0 spiro atoms. The molecule has 0 bridgehead atoms. The molecular weight excluding hydrogens is 178 g/mol. The van der Waals surface area contributed by atoms with Crippen LogP contribution in [0.2, 0.25) is 0 Å². The van der Waals surface area contributed by atoms with Gasteiger partial charge in [-0.2, -0.15) is 0 Å². The van der Waals surface area contributed by atoms with Crippen molar-refractivity contribution in [3.63, 3.8) is 0 Å². The number of carbonyl (C=O) groups is 1. The van der Waals surface area contributed by atoms with Crippen molar-refractivity contribution in [2.45, 2.75) is 25.8 Å². The molecule has 1 heterocycles. The molecule has 1 unspecified atom stereocenters. The Labute approximate surface area is 83.3 Å². The summed E-state index contributed by atoms with van der Waals surface area (Å²) in [7, 11) is 0. The molecule has 1 aromatic rings. The minimum Gasteiger partial charge on any atom is -0.366 e. The van der Waals surface area contributed by atoms with E-state index in [1.807, 2.05) is 0 Å². The molecule has 4 heteroatoms. The van der Waals surface area contributed by atoms with Gasteiger partial charge >= 0.3 is 0 Å². The molecule has 0 saturated carbocycles. The third-order valence-corrected chi connectivity index (χ3v) is 2.07. The van der Waals surface area contributed by atoms with Gasteiger partial charge in [0.05, 0.1) is 5.56 Å². The summed E-state index contributed by atoms with van der Waals surface area (Å²) >= 11 is 0. The van der Waals surface area contributed by atoms with Crippen molar-refractivity contribution in [3.8, 4) is 0 Å². The van der Waals surface area contributed by atoms with Crippen molar-refractivity contribution in [3.05, 3.63) is 29.6 Å². The van der Waals surface area contributed by atoms with Gasteiger partial charge in [0.15, 0.2) is 0 Å². The molecule has 4 N–H and O–H groups in total. The lowest BCUT2D eigenvalue weighted by molar-refractivity contribution is 0.1000. The van der Waals surface area contributed by atoms with Crippen LogP contribution in [0.3, 0.4) is 0 Å². The normalized spacial score (nSPS) is 12.4. The highest BCUT2D eigenvalue weighted by molar-refractivity contribution is 5.92. The van der Waals surface area contributed by atoms with Gasteiger partial charge in [-0.3, -0.25) is 9.78 Å². The summed E-state index contributed by atoms with van der Waals surface area (Å²) < 4.78 is 0. The minimum atomic E-state index is -0.469. The van der Waals surface area contributed by atoms with E-state index in [9.17, 15) is 4.79 Å². The molecule has 1 aromatic heterocycles. The Morgan fingerprint density at radius 2 is 2.29 bits per heavy atom. The van der Waals surface area contributed by atoms with Crippen molar-refractivity contribution < 1.29 is 4.79 Å². The molecular formula is C10H15N3O. The zero-order valence-corrected chi connectivity index (χ0v) is 8.23. The van der Waals surface area contributed by atoms with Gasteiger partial charge in [0, 0.05) is 18.4 Å². The van der Waals surface area contributed by atoms with E-state index in [4.69, 9.17) is 11.5 Å².